The molecule has 0 saturated heterocycles. The van der Waals surface area contributed by atoms with Crippen molar-refractivity contribution in [2.75, 3.05) is 6.61 Å². The van der Waals surface area contributed by atoms with E-state index in [-0.39, 0.29) is 40.9 Å². The lowest BCUT2D eigenvalue weighted by atomic mass is 9.95. The number of benzene rings is 3. The van der Waals surface area contributed by atoms with Crippen LogP contribution in [-0.4, -0.2) is 28.2 Å². The molecule has 0 aliphatic carbocycles. The Balaban J connectivity index is 1.62. The Morgan fingerprint density at radius 1 is 1.19 bits per heavy atom. The van der Waals surface area contributed by atoms with Crippen LogP contribution in [0.15, 0.2) is 80.1 Å². The van der Waals surface area contributed by atoms with Crippen molar-refractivity contribution < 1.29 is 23.9 Å². The summed E-state index contributed by atoms with van der Waals surface area (Å²) in [7, 11) is 0. The molecule has 0 fully saturated rings. The third kappa shape index (κ3) is 7.30. The Labute approximate surface area is 291 Å². The Hall–Kier alpha value is -3.97. The van der Waals surface area contributed by atoms with Crippen LogP contribution in [0.3, 0.4) is 0 Å². The first-order valence-electron chi connectivity index (χ1n) is 14.4. The van der Waals surface area contributed by atoms with Crippen LogP contribution in [0, 0.1) is 10.1 Å². The number of halogens is 3. The van der Waals surface area contributed by atoms with Gasteiger partial charge in [-0.05, 0) is 79.5 Å². The third-order valence-electron chi connectivity index (χ3n) is 7.02. The normalized spacial score (nSPS) is 14.6. The molecule has 1 aliphatic rings. The van der Waals surface area contributed by atoms with E-state index < -0.39 is 22.5 Å². The van der Waals surface area contributed by atoms with Crippen LogP contribution in [0.25, 0.3) is 6.08 Å². The van der Waals surface area contributed by atoms with Crippen LogP contribution in [0.5, 0.6) is 11.5 Å². The molecule has 0 N–H and O–H groups in total. The summed E-state index contributed by atoms with van der Waals surface area (Å²) in [5, 5.41) is 12.9. The zero-order valence-electron chi connectivity index (χ0n) is 25.6. The minimum atomic E-state index is -0.890. The van der Waals surface area contributed by atoms with E-state index >= 15 is 0 Å². The van der Waals surface area contributed by atoms with Crippen LogP contribution >= 0.6 is 50.5 Å². The molecule has 0 spiro atoms. The van der Waals surface area contributed by atoms with Gasteiger partial charge in [-0.3, -0.25) is 19.5 Å². The molecule has 0 amide bonds. The van der Waals surface area contributed by atoms with Crippen LogP contribution < -0.4 is 24.4 Å². The Kier molecular flexibility index (Phi) is 10.5. The van der Waals surface area contributed by atoms with Gasteiger partial charge in [0.2, 0.25) is 5.75 Å². The van der Waals surface area contributed by atoms with Gasteiger partial charge in [-0.2, -0.15) is 0 Å². The maximum Gasteiger partial charge on any atom is 0.338 e. The highest BCUT2D eigenvalue weighted by atomic mass is 79.9. The Bertz CT molecular complexity index is 2110. The molecule has 4 aromatic rings. The van der Waals surface area contributed by atoms with Crippen molar-refractivity contribution in [1.82, 2.24) is 4.57 Å². The van der Waals surface area contributed by atoms with Crippen LogP contribution in [0.1, 0.15) is 50.4 Å². The maximum absolute atomic E-state index is 14.1. The topological polar surface area (TPSA) is 122 Å². The average Bonchev–Trinajstić information content (AvgIpc) is 3.30. The molecular formula is C33H28BrCl2N3O7S. The first kappa shape index (κ1) is 34.4. The highest BCUT2D eigenvalue weighted by Gasteiger charge is 2.35. The second kappa shape index (κ2) is 14.4. The lowest BCUT2D eigenvalue weighted by molar-refractivity contribution is -0.386. The van der Waals surface area contributed by atoms with Gasteiger partial charge in [0, 0.05) is 27.2 Å². The van der Waals surface area contributed by atoms with E-state index in [2.05, 4.69) is 20.9 Å². The number of carbonyl (C=O) groups excluding carboxylic acids is 1. The van der Waals surface area contributed by atoms with Crippen molar-refractivity contribution in [2.45, 2.75) is 46.4 Å². The van der Waals surface area contributed by atoms with Crippen molar-refractivity contribution in [3.05, 3.63) is 127 Å². The summed E-state index contributed by atoms with van der Waals surface area (Å²) in [4.78, 5) is 44.0. The lowest BCUT2D eigenvalue weighted by Crippen LogP contribution is -2.40. The van der Waals surface area contributed by atoms with Gasteiger partial charge in [0.15, 0.2) is 4.80 Å². The third-order valence-corrected chi connectivity index (χ3v) is 9.18. The van der Waals surface area contributed by atoms with Crippen LogP contribution in [-0.2, 0) is 16.1 Å². The van der Waals surface area contributed by atoms with E-state index in [0.29, 0.717) is 47.5 Å². The number of nitro groups is 1. The van der Waals surface area contributed by atoms with E-state index in [1.165, 1.54) is 10.6 Å². The molecule has 14 heteroatoms. The van der Waals surface area contributed by atoms with Gasteiger partial charge in [0.25, 0.3) is 5.56 Å². The molecule has 0 bridgehead atoms. The fraction of sp³-hybridized carbons (Fsp3) is 0.242. The molecule has 1 aliphatic heterocycles. The van der Waals surface area contributed by atoms with Crippen LogP contribution in [0.4, 0.5) is 5.69 Å². The van der Waals surface area contributed by atoms with E-state index in [1.807, 2.05) is 19.9 Å². The van der Waals surface area contributed by atoms with E-state index in [4.69, 9.17) is 37.4 Å². The minimum absolute atomic E-state index is 0.00362. The zero-order valence-corrected chi connectivity index (χ0v) is 29.5. The summed E-state index contributed by atoms with van der Waals surface area (Å²) in [6.07, 6.45) is 1.37. The summed E-state index contributed by atoms with van der Waals surface area (Å²) >= 11 is 16.7. The number of hydrogen-bond acceptors (Lipinski definition) is 9. The fourth-order valence-corrected chi connectivity index (χ4v) is 7.15. The predicted octanol–water partition coefficient (Wildman–Crippen LogP) is 7.14. The summed E-state index contributed by atoms with van der Waals surface area (Å²) in [5.74, 6) is -0.0906. The quantitative estimate of drug-likeness (QED) is 0.0957. The molecule has 0 unspecified atom stereocenters. The van der Waals surface area contributed by atoms with E-state index in [9.17, 15) is 19.7 Å². The maximum atomic E-state index is 14.1. The summed E-state index contributed by atoms with van der Waals surface area (Å²) in [5.41, 5.74) is 1.41. The molecule has 1 atom stereocenters. The fourth-order valence-electron chi connectivity index (χ4n) is 5.05. The Morgan fingerprint density at radius 2 is 1.94 bits per heavy atom. The number of hydrogen-bond donors (Lipinski definition) is 0. The van der Waals surface area contributed by atoms with E-state index in [0.717, 1.165) is 11.3 Å². The van der Waals surface area contributed by atoms with Crippen LogP contribution in [0.2, 0.25) is 10.0 Å². The second-order valence-corrected chi connectivity index (χ2v) is 13.3. The number of carbonyl (C=O) groups is 1. The molecule has 3 aromatic carbocycles. The number of esters is 1. The summed E-state index contributed by atoms with van der Waals surface area (Å²) in [6.45, 7) is 7.26. The summed E-state index contributed by atoms with van der Waals surface area (Å²) < 4.78 is 19.3. The first-order valence-corrected chi connectivity index (χ1v) is 16.8. The van der Waals surface area contributed by atoms with E-state index in [1.54, 1.807) is 62.4 Å². The monoisotopic (exact) mass is 759 g/mol. The van der Waals surface area contributed by atoms with Crippen molar-refractivity contribution in [3.8, 4) is 11.5 Å². The van der Waals surface area contributed by atoms with Gasteiger partial charge >= 0.3 is 11.7 Å². The SMILES string of the molecule is CCOC(=O)C1=C(C)N=c2s/c(=C\c3cc(Br)c(OCc4ccc(Cl)cc4Cl)c([N+](=O)[O-])c3)c(=O)n2[C@H]1c1ccccc1OC(C)C. The highest BCUT2D eigenvalue weighted by Crippen LogP contribution is 2.38. The van der Waals surface area contributed by atoms with Gasteiger partial charge in [0.05, 0.1) is 37.9 Å². The molecule has 10 nitrogen and oxygen atoms in total. The Morgan fingerprint density at radius 3 is 2.62 bits per heavy atom. The molecule has 0 radical (unpaired) electrons. The van der Waals surface area contributed by atoms with Crippen molar-refractivity contribution >= 4 is 68.2 Å². The number of ether oxygens (including phenoxy) is 3. The van der Waals surface area contributed by atoms with Crippen molar-refractivity contribution in [3.63, 3.8) is 0 Å². The number of aromatic nitrogens is 1. The first-order chi connectivity index (χ1) is 22.4. The molecule has 244 valence electrons. The van der Waals surface area contributed by atoms with Gasteiger partial charge in [-0.1, -0.05) is 58.8 Å². The lowest BCUT2D eigenvalue weighted by Gasteiger charge is -2.26. The van der Waals surface area contributed by atoms with Crippen molar-refractivity contribution in [2.24, 2.45) is 4.99 Å². The predicted molar refractivity (Wildman–Crippen MR) is 184 cm³/mol. The van der Waals surface area contributed by atoms with Gasteiger partial charge in [-0.25, -0.2) is 9.79 Å². The molecule has 1 aromatic heterocycles. The standard InChI is InChI=1S/C33H28BrCl2N3O7S/c1-5-44-32(41)28-18(4)37-33-38(29(28)22-8-6-7-9-26(22)46-17(2)3)31(40)27(47-33)14-19-12-23(34)30(25(13-19)39(42)43)45-16-20-10-11-21(35)15-24(20)36/h6-15,17,29H,5,16H2,1-4H3/b27-14-/t29-/m0/s1. The number of nitrogens with zero attached hydrogens (tertiary/aromatic N) is 3. The molecule has 5 rings (SSSR count). The molecular weight excluding hydrogens is 733 g/mol. The molecule has 2 heterocycles. The van der Waals surface area contributed by atoms with Gasteiger partial charge in [0.1, 0.15) is 18.4 Å². The van der Waals surface area contributed by atoms with Gasteiger partial charge < -0.3 is 14.2 Å². The summed E-state index contributed by atoms with van der Waals surface area (Å²) in [6, 6.07) is 14.1. The zero-order chi connectivity index (χ0) is 34.0. The number of rotatable bonds is 10. The highest BCUT2D eigenvalue weighted by molar-refractivity contribution is 9.10. The van der Waals surface area contributed by atoms with Crippen molar-refractivity contribution in [1.29, 1.82) is 0 Å². The largest absolute Gasteiger partial charge is 0.491 e. The number of fused-ring (bicyclic) bond motifs is 1. The molecule has 47 heavy (non-hydrogen) atoms. The smallest absolute Gasteiger partial charge is 0.338 e. The number of nitro benzene ring substituents is 1. The van der Waals surface area contributed by atoms with Gasteiger partial charge in [-0.15, -0.1) is 0 Å². The number of para-hydroxylation sites is 1. The minimum Gasteiger partial charge on any atom is -0.491 e. The second-order valence-electron chi connectivity index (χ2n) is 10.6. The number of thiazole rings is 1. The number of allylic oxidation sites excluding steroid dienone is 1. The average molecular weight is 761 g/mol. The molecule has 0 saturated carbocycles.